The third-order valence-corrected chi connectivity index (χ3v) is 4.49. The van der Waals surface area contributed by atoms with Gasteiger partial charge in [-0.05, 0) is 30.2 Å². The van der Waals surface area contributed by atoms with Gasteiger partial charge in [-0.1, -0.05) is 41.6 Å². The van der Waals surface area contributed by atoms with E-state index >= 15 is 0 Å². The molecule has 1 aromatic carbocycles. The zero-order valence-electron chi connectivity index (χ0n) is 15.2. The third-order valence-electron chi connectivity index (χ3n) is 4.49. The zero-order chi connectivity index (χ0) is 18.5. The fourth-order valence-corrected chi connectivity index (χ4v) is 2.96. The summed E-state index contributed by atoms with van der Waals surface area (Å²) in [5, 5.41) is 4.27. The predicted molar refractivity (Wildman–Crippen MR) is 104 cm³/mol. The normalized spacial score (nSPS) is 15.9. The van der Waals surface area contributed by atoms with Crippen molar-refractivity contribution in [1.29, 1.82) is 0 Å². The van der Waals surface area contributed by atoms with Crippen LogP contribution in [0.15, 0.2) is 72.1 Å². The van der Waals surface area contributed by atoms with Gasteiger partial charge >= 0.3 is 0 Å². The van der Waals surface area contributed by atoms with Crippen LogP contribution >= 0.6 is 0 Å². The van der Waals surface area contributed by atoms with Crippen molar-refractivity contribution < 1.29 is 9.57 Å². The molecule has 0 aliphatic carbocycles. The van der Waals surface area contributed by atoms with E-state index in [0.29, 0.717) is 12.5 Å². The van der Waals surface area contributed by atoms with Gasteiger partial charge in [0.2, 0.25) is 5.88 Å². The average Bonchev–Trinajstić information content (AvgIpc) is 3.17. The number of benzene rings is 1. The molecule has 0 spiro atoms. The van der Waals surface area contributed by atoms with Crippen LogP contribution in [0.3, 0.4) is 0 Å². The highest BCUT2D eigenvalue weighted by molar-refractivity contribution is 5.87. The van der Waals surface area contributed by atoms with E-state index in [1.165, 1.54) is 5.56 Å². The molecule has 1 aliphatic rings. The Morgan fingerprint density at radius 1 is 1.00 bits per heavy atom. The molecule has 1 atom stereocenters. The monoisotopic (exact) mass is 359 g/mol. The van der Waals surface area contributed by atoms with E-state index in [2.05, 4.69) is 45.5 Å². The Hall–Kier alpha value is -3.21. The summed E-state index contributed by atoms with van der Waals surface area (Å²) in [6, 6.07) is 18.1. The van der Waals surface area contributed by atoms with Crippen molar-refractivity contribution in [2.24, 2.45) is 5.16 Å². The lowest BCUT2D eigenvalue weighted by molar-refractivity contribution is 0.0854. The van der Waals surface area contributed by atoms with Crippen LogP contribution in [-0.2, 0) is 17.9 Å². The maximum atomic E-state index is 5.68. The number of aromatic nitrogens is 2. The molecule has 5 heteroatoms. The zero-order valence-corrected chi connectivity index (χ0v) is 15.2. The lowest BCUT2D eigenvalue weighted by atomic mass is 10.0. The molecule has 0 fully saturated rings. The summed E-state index contributed by atoms with van der Waals surface area (Å²) in [5.41, 5.74) is 5.45. The second-order valence-electron chi connectivity index (χ2n) is 6.64. The number of aryl methyl sites for hydroxylation is 1. The Morgan fingerprint density at radius 2 is 1.85 bits per heavy atom. The van der Waals surface area contributed by atoms with Crippen LogP contribution in [0.4, 0.5) is 0 Å². The summed E-state index contributed by atoms with van der Waals surface area (Å²) in [5.74, 6) is 0.635. The van der Waals surface area contributed by atoms with Gasteiger partial charge in [-0.15, -0.1) is 0 Å². The fourth-order valence-electron chi connectivity index (χ4n) is 2.96. The van der Waals surface area contributed by atoms with Crippen molar-refractivity contribution in [2.75, 3.05) is 0 Å². The summed E-state index contributed by atoms with van der Waals surface area (Å²) in [6.07, 6.45) is 5.16. The highest BCUT2D eigenvalue weighted by Crippen LogP contribution is 2.28. The quantitative estimate of drug-likeness (QED) is 0.653. The topological polar surface area (TPSA) is 56.6 Å². The molecule has 3 heterocycles. The van der Waals surface area contributed by atoms with E-state index in [-0.39, 0.29) is 6.10 Å². The minimum absolute atomic E-state index is 0.0286. The Balaban J connectivity index is 1.30. The van der Waals surface area contributed by atoms with Gasteiger partial charge in [0.1, 0.15) is 6.61 Å². The minimum atomic E-state index is -0.0286. The molecular weight excluding hydrogens is 338 g/mol. The molecule has 0 saturated heterocycles. The summed E-state index contributed by atoms with van der Waals surface area (Å²) in [7, 11) is 0. The van der Waals surface area contributed by atoms with E-state index < -0.39 is 0 Å². The lowest BCUT2D eigenvalue weighted by Crippen LogP contribution is -2.04. The van der Waals surface area contributed by atoms with Crippen LogP contribution in [-0.4, -0.2) is 15.7 Å². The van der Waals surface area contributed by atoms with E-state index in [1.54, 1.807) is 6.20 Å². The summed E-state index contributed by atoms with van der Waals surface area (Å²) < 4.78 is 5.68. The van der Waals surface area contributed by atoms with Crippen molar-refractivity contribution >= 4 is 5.71 Å². The van der Waals surface area contributed by atoms with Gasteiger partial charge in [-0.2, -0.15) is 0 Å². The second kappa shape index (κ2) is 7.99. The van der Waals surface area contributed by atoms with Gasteiger partial charge in [-0.3, -0.25) is 4.98 Å². The van der Waals surface area contributed by atoms with Crippen molar-refractivity contribution in [2.45, 2.75) is 32.5 Å². The molecule has 4 rings (SSSR count). The number of ether oxygens (including phenoxy) is 1. The molecule has 3 aromatic rings. The third kappa shape index (κ3) is 4.50. The van der Waals surface area contributed by atoms with Crippen LogP contribution in [0.5, 0.6) is 5.88 Å². The summed E-state index contributed by atoms with van der Waals surface area (Å²) in [6.45, 7) is 2.48. The molecule has 0 bridgehead atoms. The van der Waals surface area contributed by atoms with Gasteiger partial charge in [0, 0.05) is 42.6 Å². The number of nitrogens with zero attached hydrogens (tertiary/aromatic N) is 3. The molecule has 27 heavy (non-hydrogen) atoms. The first-order valence-electron chi connectivity index (χ1n) is 9.02. The molecule has 0 N–H and O–H groups in total. The summed E-state index contributed by atoms with van der Waals surface area (Å²) >= 11 is 0. The Bertz CT molecular complexity index is 907. The lowest BCUT2D eigenvalue weighted by Gasteiger charge is -2.08. The largest absolute Gasteiger partial charge is 0.473 e. The highest BCUT2D eigenvalue weighted by atomic mass is 16.6. The van der Waals surface area contributed by atoms with E-state index in [4.69, 9.17) is 9.57 Å². The number of oxime groups is 1. The van der Waals surface area contributed by atoms with E-state index in [0.717, 1.165) is 35.4 Å². The molecule has 5 nitrogen and oxygen atoms in total. The first-order valence-corrected chi connectivity index (χ1v) is 9.02. The van der Waals surface area contributed by atoms with E-state index in [9.17, 15) is 0 Å². The standard InChI is InChI=1S/C22H21N3O2/c1-16-5-10-19(14-24-16)21-13-20(25-27-21)12-17-6-8-18(9-7-17)15-26-22-4-2-3-11-23-22/h2-11,14,21H,12-13,15H2,1H3. The number of pyridine rings is 2. The SMILES string of the molecule is Cc1ccc(C2CC(Cc3ccc(COc4ccccn4)cc3)=NO2)cn1. The molecule has 0 saturated carbocycles. The van der Waals surface area contributed by atoms with Crippen LogP contribution in [0.25, 0.3) is 0 Å². The van der Waals surface area contributed by atoms with Crippen LogP contribution in [0.1, 0.15) is 34.9 Å². The molecule has 2 aromatic heterocycles. The highest BCUT2D eigenvalue weighted by Gasteiger charge is 2.23. The van der Waals surface area contributed by atoms with Gasteiger partial charge in [0.15, 0.2) is 6.10 Å². The Labute approximate surface area is 158 Å². The Morgan fingerprint density at radius 3 is 2.59 bits per heavy atom. The maximum absolute atomic E-state index is 5.68. The van der Waals surface area contributed by atoms with Gasteiger partial charge in [0.05, 0.1) is 5.71 Å². The van der Waals surface area contributed by atoms with E-state index in [1.807, 2.05) is 37.4 Å². The fraction of sp³-hybridized carbons (Fsp3) is 0.227. The number of hydrogen-bond donors (Lipinski definition) is 0. The first kappa shape index (κ1) is 17.2. The molecular formula is C22H21N3O2. The molecule has 1 aliphatic heterocycles. The molecule has 0 amide bonds. The smallest absolute Gasteiger partial charge is 0.213 e. The number of hydrogen-bond acceptors (Lipinski definition) is 5. The predicted octanol–water partition coefficient (Wildman–Crippen LogP) is 4.42. The molecule has 0 radical (unpaired) electrons. The second-order valence-corrected chi connectivity index (χ2v) is 6.64. The van der Waals surface area contributed by atoms with Crippen molar-refractivity contribution in [1.82, 2.24) is 9.97 Å². The summed E-state index contributed by atoms with van der Waals surface area (Å²) in [4.78, 5) is 14.1. The molecule has 1 unspecified atom stereocenters. The van der Waals surface area contributed by atoms with Crippen molar-refractivity contribution in [3.63, 3.8) is 0 Å². The Kier molecular flexibility index (Phi) is 5.10. The van der Waals surface area contributed by atoms with Crippen LogP contribution in [0, 0.1) is 6.92 Å². The molecule has 136 valence electrons. The minimum Gasteiger partial charge on any atom is -0.473 e. The average molecular weight is 359 g/mol. The van der Waals surface area contributed by atoms with Gasteiger partial charge in [-0.25, -0.2) is 4.98 Å². The van der Waals surface area contributed by atoms with Crippen molar-refractivity contribution in [3.8, 4) is 5.88 Å². The maximum Gasteiger partial charge on any atom is 0.213 e. The van der Waals surface area contributed by atoms with Gasteiger partial charge < -0.3 is 9.57 Å². The van der Waals surface area contributed by atoms with Crippen molar-refractivity contribution in [3.05, 3.63) is 89.4 Å². The first-order chi connectivity index (χ1) is 13.3. The van der Waals surface area contributed by atoms with Crippen LogP contribution < -0.4 is 4.74 Å². The van der Waals surface area contributed by atoms with Gasteiger partial charge in [0.25, 0.3) is 0 Å². The number of rotatable bonds is 6. The van der Waals surface area contributed by atoms with Crippen LogP contribution in [0.2, 0.25) is 0 Å².